The van der Waals surface area contributed by atoms with Gasteiger partial charge < -0.3 is 35.0 Å². The third kappa shape index (κ3) is 4.81. The summed E-state index contributed by atoms with van der Waals surface area (Å²) in [5, 5.41) is 49.0. The molecule has 1 heterocycles. The average Bonchev–Trinajstić information content (AvgIpc) is 2.73. The van der Waals surface area contributed by atoms with Gasteiger partial charge in [-0.1, -0.05) is 36.4 Å². The minimum absolute atomic E-state index is 0.0540. The van der Waals surface area contributed by atoms with E-state index in [1.807, 2.05) is 30.3 Å². The van der Waals surface area contributed by atoms with Crippen LogP contribution in [-0.4, -0.2) is 68.6 Å². The summed E-state index contributed by atoms with van der Waals surface area (Å²) in [7, 11) is 0. The Bertz CT molecular complexity index is 864. The Morgan fingerprint density at radius 2 is 1.76 bits per heavy atom. The van der Waals surface area contributed by atoms with Gasteiger partial charge in [-0.25, -0.2) is 0 Å². The van der Waals surface area contributed by atoms with Gasteiger partial charge in [0.05, 0.1) is 12.2 Å². The molecule has 0 saturated carbocycles. The van der Waals surface area contributed by atoms with Crippen molar-refractivity contribution in [2.75, 3.05) is 6.61 Å². The van der Waals surface area contributed by atoms with Gasteiger partial charge in [-0.2, -0.15) is 0 Å². The zero-order chi connectivity index (χ0) is 21.0. The van der Waals surface area contributed by atoms with Crippen LogP contribution >= 0.6 is 0 Å². The van der Waals surface area contributed by atoms with Crippen LogP contribution in [-0.2, 0) is 4.74 Å². The second-order valence-electron chi connectivity index (χ2n) is 6.60. The molecule has 0 radical (unpaired) electrons. The third-order valence-electron chi connectivity index (χ3n) is 4.56. The zero-order valence-corrected chi connectivity index (χ0v) is 15.3. The highest BCUT2D eigenvalue weighted by atomic mass is 16.7. The summed E-state index contributed by atoms with van der Waals surface area (Å²) >= 11 is 0. The standard InChI is InChI=1S/C21H22O8/c22-11-17-18(25)19(26)20(27)21(29-17)28-13-7-8-14(16(24)10-13)15(23)9-6-12-4-2-1-3-5-12/h1-10,17-22,24-27H,11H2/b9-6+/t17?,18?,19?,20?,21-/m0/s1. The monoisotopic (exact) mass is 402 g/mol. The van der Waals surface area contributed by atoms with Crippen molar-refractivity contribution < 1.29 is 39.8 Å². The Balaban J connectivity index is 1.71. The average molecular weight is 402 g/mol. The lowest BCUT2D eigenvalue weighted by Crippen LogP contribution is -2.60. The number of ether oxygens (including phenoxy) is 2. The Labute approximate surface area is 166 Å². The largest absolute Gasteiger partial charge is 0.507 e. The predicted molar refractivity (Wildman–Crippen MR) is 102 cm³/mol. The van der Waals surface area contributed by atoms with E-state index in [-0.39, 0.29) is 17.1 Å². The minimum atomic E-state index is -1.58. The maximum Gasteiger partial charge on any atom is 0.229 e. The van der Waals surface area contributed by atoms with E-state index in [1.165, 1.54) is 24.3 Å². The van der Waals surface area contributed by atoms with E-state index < -0.39 is 43.1 Å². The topological polar surface area (TPSA) is 137 Å². The van der Waals surface area contributed by atoms with Crippen molar-refractivity contribution in [2.24, 2.45) is 0 Å². The minimum Gasteiger partial charge on any atom is -0.507 e. The van der Waals surface area contributed by atoms with E-state index in [0.717, 1.165) is 5.56 Å². The molecule has 5 atom stereocenters. The van der Waals surface area contributed by atoms with Crippen LogP contribution in [0.15, 0.2) is 54.6 Å². The van der Waals surface area contributed by atoms with Crippen molar-refractivity contribution in [2.45, 2.75) is 30.7 Å². The first-order valence-electron chi connectivity index (χ1n) is 8.98. The zero-order valence-electron chi connectivity index (χ0n) is 15.3. The van der Waals surface area contributed by atoms with E-state index in [2.05, 4.69) is 0 Å². The number of aromatic hydroxyl groups is 1. The molecule has 3 rings (SSSR count). The third-order valence-corrected chi connectivity index (χ3v) is 4.56. The number of phenols is 1. The normalized spacial score (nSPS) is 27.1. The van der Waals surface area contributed by atoms with Gasteiger partial charge in [-0.3, -0.25) is 4.79 Å². The summed E-state index contributed by atoms with van der Waals surface area (Å²) in [6.45, 7) is -0.586. The van der Waals surface area contributed by atoms with Gasteiger partial charge in [0.1, 0.15) is 35.9 Å². The van der Waals surface area contributed by atoms with Crippen LogP contribution in [0.4, 0.5) is 0 Å². The first-order chi connectivity index (χ1) is 13.9. The molecule has 8 heteroatoms. The quantitative estimate of drug-likeness (QED) is 0.347. The summed E-state index contributed by atoms with van der Waals surface area (Å²) in [6.07, 6.45) is -4.20. The number of aliphatic hydroxyl groups excluding tert-OH is 4. The highest BCUT2D eigenvalue weighted by molar-refractivity contribution is 6.08. The summed E-state index contributed by atoms with van der Waals surface area (Å²) in [6, 6.07) is 13.1. The van der Waals surface area contributed by atoms with Crippen LogP contribution in [0.25, 0.3) is 6.08 Å². The fraction of sp³-hybridized carbons (Fsp3) is 0.286. The Morgan fingerprint density at radius 1 is 1.03 bits per heavy atom. The Hall–Kier alpha value is -2.75. The van der Waals surface area contributed by atoms with Crippen LogP contribution in [0.2, 0.25) is 0 Å². The molecule has 0 bridgehead atoms. The Kier molecular flexibility index (Phi) is 6.63. The van der Waals surface area contributed by atoms with Crippen molar-refractivity contribution in [1.29, 1.82) is 0 Å². The fourth-order valence-electron chi connectivity index (χ4n) is 2.92. The molecule has 1 aliphatic rings. The molecule has 1 fully saturated rings. The van der Waals surface area contributed by atoms with E-state index in [1.54, 1.807) is 6.08 Å². The number of carbonyl (C=O) groups is 1. The number of carbonyl (C=O) groups excluding carboxylic acids is 1. The molecular weight excluding hydrogens is 380 g/mol. The molecule has 8 nitrogen and oxygen atoms in total. The van der Waals surface area contributed by atoms with E-state index >= 15 is 0 Å². The molecule has 4 unspecified atom stereocenters. The summed E-state index contributed by atoms with van der Waals surface area (Å²) in [5.74, 6) is -0.684. The van der Waals surface area contributed by atoms with Gasteiger partial charge in [0.15, 0.2) is 5.78 Å². The fourth-order valence-corrected chi connectivity index (χ4v) is 2.92. The molecule has 29 heavy (non-hydrogen) atoms. The number of hydrogen-bond acceptors (Lipinski definition) is 8. The van der Waals surface area contributed by atoms with Crippen molar-refractivity contribution in [3.63, 3.8) is 0 Å². The number of ketones is 1. The molecule has 0 spiro atoms. The Morgan fingerprint density at radius 3 is 2.41 bits per heavy atom. The SMILES string of the molecule is O=C(/C=C/c1ccccc1)c1ccc(O[C@H]2OC(CO)C(O)C(O)C2O)cc1O. The van der Waals surface area contributed by atoms with Crippen molar-refractivity contribution >= 4 is 11.9 Å². The lowest BCUT2D eigenvalue weighted by Gasteiger charge is -2.39. The highest BCUT2D eigenvalue weighted by Gasteiger charge is 2.44. The van der Waals surface area contributed by atoms with Gasteiger partial charge in [-0.15, -0.1) is 0 Å². The second-order valence-corrected chi connectivity index (χ2v) is 6.60. The maximum atomic E-state index is 12.3. The van der Waals surface area contributed by atoms with Gasteiger partial charge in [0, 0.05) is 6.07 Å². The lowest BCUT2D eigenvalue weighted by atomic mass is 9.99. The number of aliphatic hydroxyl groups is 4. The van der Waals surface area contributed by atoms with Crippen LogP contribution in [0.1, 0.15) is 15.9 Å². The number of allylic oxidation sites excluding steroid dienone is 1. The molecule has 0 aliphatic carbocycles. The van der Waals surface area contributed by atoms with E-state index in [9.17, 15) is 30.3 Å². The lowest BCUT2D eigenvalue weighted by molar-refractivity contribution is -0.277. The summed E-state index contributed by atoms with van der Waals surface area (Å²) in [5.41, 5.74) is 0.890. The first-order valence-corrected chi connectivity index (χ1v) is 8.98. The highest BCUT2D eigenvalue weighted by Crippen LogP contribution is 2.28. The van der Waals surface area contributed by atoms with Crippen LogP contribution < -0.4 is 4.74 Å². The number of phenolic OH excluding ortho intramolecular Hbond substituents is 1. The predicted octanol–water partition coefficient (Wildman–Crippen LogP) is 0.467. The molecule has 154 valence electrons. The number of rotatable bonds is 6. The smallest absolute Gasteiger partial charge is 0.229 e. The number of hydrogen-bond donors (Lipinski definition) is 5. The van der Waals surface area contributed by atoms with Gasteiger partial charge >= 0.3 is 0 Å². The molecule has 1 saturated heterocycles. The first kappa shape index (κ1) is 21.0. The van der Waals surface area contributed by atoms with Crippen LogP contribution in [0, 0.1) is 0 Å². The molecule has 0 aromatic heterocycles. The second kappa shape index (κ2) is 9.17. The number of benzene rings is 2. The van der Waals surface area contributed by atoms with Crippen LogP contribution in [0.5, 0.6) is 11.5 Å². The van der Waals surface area contributed by atoms with Gasteiger partial charge in [0.2, 0.25) is 6.29 Å². The summed E-state index contributed by atoms with van der Waals surface area (Å²) < 4.78 is 10.7. The van der Waals surface area contributed by atoms with Gasteiger partial charge in [-0.05, 0) is 23.8 Å². The molecule has 0 amide bonds. The van der Waals surface area contributed by atoms with E-state index in [0.29, 0.717) is 0 Å². The van der Waals surface area contributed by atoms with Crippen LogP contribution in [0.3, 0.4) is 0 Å². The van der Waals surface area contributed by atoms with Gasteiger partial charge in [0.25, 0.3) is 0 Å². The maximum absolute atomic E-state index is 12.3. The van der Waals surface area contributed by atoms with E-state index in [4.69, 9.17) is 9.47 Å². The molecule has 1 aliphatic heterocycles. The van der Waals surface area contributed by atoms with Crippen molar-refractivity contribution in [3.8, 4) is 11.5 Å². The molecule has 2 aromatic carbocycles. The molecule has 2 aromatic rings. The van der Waals surface area contributed by atoms with Crippen molar-refractivity contribution in [3.05, 3.63) is 65.7 Å². The summed E-state index contributed by atoms with van der Waals surface area (Å²) in [4.78, 5) is 12.3. The molecule has 5 N–H and O–H groups in total. The molecular formula is C21H22O8. The van der Waals surface area contributed by atoms with Crippen molar-refractivity contribution in [1.82, 2.24) is 0 Å².